The van der Waals surface area contributed by atoms with Crippen molar-refractivity contribution < 1.29 is 27.5 Å². The number of ether oxygens (including phenoxy) is 2. The van der Waals surface area contributed by atoms with Gasteiger partial charge in [0.1, 0.15) is 5.75 Å². The Morgan fingerprint density at radius 2 is 1.79 bits per heavy atom. The monoisotopic (exact) mass is 411 g/mol. The molecule has 1 aromatic rings. The van der Waals surface area contributed by atoms with Crippen LogP contribution in [0.3, 0.4) is 0 Å². The summed E-state index contributed by atoms with van der Waals surface area (Å²) < 4.78 is 37.7. The Balaban J connectivity index is 1.85. The molecule has 0 radical (unpaired) electrons. The van der Waals surface area contributed by atoms with E-state index in [4.69, 9.17) is 15.2 Å². The van der Waals surface area contributed by atoms with Crippen LogP contribution < -0.4 is 10.5 Å². The number of carbonyl (C=O) groups excluding carboxylic acids is 2. The smallest absolute Gasteiger partial charge is 0.257 e. The van der Waals surface area contributed by atoms with Crippen LogP contribution in [0.25, 0.3) is 0 Å². The second-order valence-corrected chi connectivity index (χ2v) is 8.79. The minimum atomic E-state index is -3.73. The number of piperidine rings is 1. The SMILES string of the molecule is COc1ccc(S(=O)(=O)N2CCOCC2)cc1C(=O)N1CCC(C(N)=O)CC1. The molecule has 0 unspecified atom stereocenters. The normalized spacial score (nSPS) is 19.4. The van der Waals surface area contributed by atoms with E-state index in [1.807, 2.05) is 0 Å². The maximum absolute atomic E-state index is 13.0. The van der Waals surface area contributed by atoms with Crippen molar-refractivity contribution in [2.45, 2.75) is 17.7 Å². The Kier molecular flexibility index (Phi) is 6.21. The van der Waals surface area contributed by atoms with E-state index in [0.717, 1.165) is 0 Å². The molecular weight excluding hydrogens is 386 g/mol. The van der Waals surface area contributed by atoms with Gasteiger partial charge in [0.25, 0.3) is 5.91 Å². The largest absolute Gasteiger partial charge is 0.496 e. The maximum Gasteiger partial charge on any atom is 0.257 e. The fourth-order valence-electron chi connectivity index (χ4n) is 3.49. The first kappa shape index (κ1) is 20.6. The quantitative estimate of drug-likeness (QED) is 0.731. The average Bonchev–Trinajstić information content (AvgIpc) is 2.73. The van der Waals surface area contributed by atoms with E-state index >= 15 is 0 Å². The van der Waals surface area contributed by atoms with Gasteiger partial charge in [-0.25, -0.2) is 8.42 Å². The van der Waals surface area contributed by atoms with E-state index in [2.05, 4.69) is 0 Å². The first-order valence-corrected chi connectivity index (χ1v) is 10.6. The van der Waals surface area contributed by atoms with Crippen molar-refractivity contribution in [3.8, 4) is 5.75 Å². The zero-order valence-electron chi connectivity index (χ0n) is 15.8. The Hall–Kier alpha value is -2.17. The summed E-state index contributed by atoms with van der Waals surface area (Å²) in [6, 6.07) is 4.31. The molecule has 0 saturated carbocycles. The van der Waals surface area contributed by atoms with Gasteiger partial charge in [0.05, 0.1) is 30.8 Å². The highest BCUT2D eigenvalue weighted by atomic mass is 32.2. The third kappa shape index (κ3) is 4.13. The number of primary amides is 1. The molecule has 2 aliphatic rings. The van der Waals surface area contributed by atoms with Crippen LogP contribution in [0.4, 0.5) is 0 Å². The van der Waals surface area contributed by atoms with Crippen LogP contribution in [0.5, 0.6) is 5.75 Å². The first-order valence-electron chi connectivity index (χ1n) is 9.19. The predicted octanol–water partition coefficient (Wildman–Crippen LogP) is 0.0536. The average molecular weight is 411 g/mol. The Morgan fingerprint density at radius 3 is 2.36 bits per heavy atom. The van der Waals surface area contributed by atoms with Gasteiger partial charge >= 0.3 is 0 Å². The summed E-state index contributed by atoms with van der Waals surface area (Å²) in [5.41, 5.74) is 5.53. The molecule has 2 heterocycles. The highest BCUT2D eigenvalue weighted by molar-refractivity contribution is 7.89. The summed E-state index contributed by atoms with van der Waals surface area (Å²) in [5, 5.41) is 0. The third-order valence-corrected chi connectivity index (χ3v) is 7.09. The fourth-order valence-corrected chi connectivity index (χ4v) is 4.92. The van der Waals surface area contributed by atoms with Crippen molar-refractivity contribution in [2.75, 3.05) is 46.5 Å². The number of nitrogens with zero attached hydrogens (tertiary/aromatic N) is 2. The van der Waals surface area contributed by atoms with Crippen LogP contribution in [0.2, 0.25) is 0 Å². The van der Waals surface area contributed by atoms with Gasteiger partial charge in [0, 0.05) is 32.1 Å². The van der Waals surface area contributed by atoms with Crippen molar-refractivity contribution in [2.24, 2.45) is 11.7 Å². The van der Waals surface area contributed by atoms with Crippen LogP contribution in [-0.4, -0.2) is 75.9 Å². The predicted molar refractivity (Wildman–Crippen MR) is 100 cm³/mol. The molecule has 0 bridgehead atoms. The molecule has 9 nitrogen and oxygen atoms in total. The van der Waals surface area contributed by atoms with E-state index in [1.165, 1.54) is 29.6 Å². The van der Waals surface area contributed by atoms with Gasteiger partial charge in [-0.2, -0.15) is 4.31 Å². The second kappa shape index (κ2) is 8.46. The summed E-state index contributed by atoms with van der Waals surface area (Å²) in [5.74, 6) is -0.607. The van der Waals surface area contributed by atoms with E-state index in [-0.39, 0.29) is 41.3 Å². The lowest BCUT2D eigenvalue weighted by Crippen LogP contribution is -2.42. The van der Waals surface area contributed by atoms with E-state index in [0.29, 0.717) is 44.9 Å². The summed E-state index contributed by atoms with van der Waals surface area (Å²) in [6.45, 7) is 2.01. The molecule has 1 aromatic carbocycles. The molecule has 0 spiro atoms. The van der Waals surface area contributed by atoms with Gasteiger partial charge in [-0.15, -0.1) is 0 Å². The Bertz CT molecular complexity index is 843. The number of nitrogens with two attached hydrogens (primary N) is 1. The van der Waals surface area contributed by atoms with Crippen molar-refractivity contribution in [1.29, 1.82) is 0 Å². The molecule has 0 atom stereocenters. The number of sulfonamides is 1. The first-order chi connectivity index (χ1) is 13.3. The molecular formula is C18H25N3O6S. The van der Waals surface area contributed by atoms with Gasteiger partial charge in [-0.3, -0.25) is 9.59 Å². The molecule has 0 aliphatic carbocycles. The number of hydrogen-bond donors (Lipinski definition) is 1. The van der Waals surface area contributed by atoms with E-state index in [9.17, 15) is 18.0 Å². The number of morpholine rings is 1. The van der Waals surface area contributed by atoms with Crippen molar-refractivity contribution >= 4 is 21.8 Å². The fraction of sp³-hybridized carbons (Fsp3) is 0.556. The summed E-state index contributed by atoms with van der Waals surface area (Å²) in [4.78, 5) is 26.0. The lowest BCUT2D eigenvalue weighted by Gasteiger charge is -2.31. The van der Waals surface area contributed by atoms with Crippen LogP contribution in [-0.2, 0) is 19.6 Å². The number of methoxy groups -OCH3 is 1. The highest BCUT2D eigenvalue weighted by Crippen LogP contribution is 2.28. The zero-order chi connectivity index (χ0) is 20.3. The van der Waals surface area contributed by atoms with E-state index in [1.54, 1.807) is 4.90 Å². The molecule has 3 rings (SSSR count). The van der Waals surface area contributed by atoms with Crippen molar-refractivity contribution in [1.82, 2.24) is 9.21 Å². The topological polar surface area (TPSA) is 119 Å². The van der Waals surface area contributed by atoms with Crippen LogP contribution >= 0.6 is 0 Å². The van der Waals surface area contributed by atoms with Crippen LogP contribution in [0, 0.1) is 5.92 Å². The van der Waals surface area contributed by atoms with Crippen molar-refractivity contribution in [3.05, 3.63) is 23.8 Å². The summed E-state index contributed by atoms with van der Waals surface area (Å²) >= 11 is 0. The lowest BCUT2D eigenvalue weighted by atomic mass is 9.96. The molecule has 2 fully saturated rings. The van der Waals surface area contributed by atoms with Crippen molar-refractivity contribution in [3.63, 3.8) is 0 Å². The van der Waals surface area contributed by atoms with Gasteiger partial charge in [-0.05, 0) is 31.0 Å². The summed E-state index contributed by atoms with van der Waals surface area (Å²) in [7, 11) is -2.30. The zero-order valence-corrected chi connectivity index (χ0v) is 16.6. The molecule has 28 heavy (non-hydrogen) atoms. The minimum absolute atomic E-state index is 0.0468. The number of benzene rings is 1. The minimum Gasteiger partial charge on any atom is -0.496 e. The molecule has 2 aliphatic heterocycles. The van der Waals surface area contributed by atoms with Crippen LogP contribution in [0.15, 0.2) is 23.1 Å². The number of hydrogen-bond acceptors (Lipinski definition) is 6. The molecule has 2 N–H and O–H groups in total. The molecule has 2 amide bonds. The Labute approximate surface area is 164 Å². The van der Waals surface area contributed by atoms with Gasteiger partial charge in [0.15, 0.2) is 0 Å². The molecule has 2 saturated heterocycles. The Morgan fingerprint density at radius 1 is 1.14 bits per heavy atom. The molecule has 0 aromatic heterocycles. The number of rotatable bonds is 5. The maximum atomic E-state index is 13.0. The molecule has 154 valence electrons. The highest BCUT2D eigenvalue weighted by Gasteiger charge is 2.31. The number of likely N-dealkylation sites (tertiary alicyclic amines) is 1. The second-order valence-electron chi connectivity index (χ2n) is 6.85. The standard InChI is InChI=1S/C18H25N3O6S/c1-26-16-3-2-14(28(24,25)21-8-10-27-11-9-21)12-15(16)18(23)20-6-4-13(5-7-20)17(19)22/h2-3,12-13H,4-11H2,1H3,(H2,19,22). The van der Waals surface area contributed by atoms with Gasteiger partial charge in [-0.1, -0.05) is 0 Å². The lowest BCUT2D eigenvalue weighted by molar-refractivity contribution is -0.123. The third-order valence-electron chi connectivity index (χ3n) is 5.19. The van der Waals surface area contributed by atoms with Crippen LogP contribution in [0.1, 0.15) is 23.2 Å². The number of carbonyl (C=O) groups is 2. The van der Waals surface area contributed by atoms with E-state index < -0.39 is 10.0 Å². The summed E-state index contributed by atoms with van der Waals surface area (Å²) in [6.07, 6.45) is 0.990. The molecule has 10 heteroatoms. The van der Waals surface area contributed by atoms with Gasteiger partial charge in [0.2, 0.25) is 15.9 Å². The number of amides is 2. The van der Waals surface area contributed by atoms with Gasteiger partial charge < -0.3 is 20.1 Å².